The molecule has 0 aliphatic carbocycles. The number of ether oxygens (including phenoxy) is 1. The minimum Gasteiger partial charge on any atom is -0.379 e. The van der Waals surface area contributed by atoms with Crippen LogP contribution in [-0.2, 0) is 4.74 Å². The molecule has 1 aliphatic heterocycles. The second-order valence-corrected chi connectivity index (χ2v) is 6.05. The largest absolute Gasteiger partial charge is 0.379 e. The van der Waals surface area contributed by atoms with Gasteiger partial charge in [0.2, 0.25) is 0 Å². The molecule has 1 fully saturated rings. The number of nitrogens with one attached hydrogen (secondary N) is 1. The van der Waals surface area contributed by atoms with Gasteiger partial charge in [0, 0.05) is 25.2 Å². The summed E-state index contributed by atoms with van der Waals surface area (Å²) < 4.78 is 24.0. The van der Waals surface area contributed by atoms with Crippen LogP contribution in [0.4, 0.5) is 4.39 Å². The molecule has 2 heterocycles. The molecular formula is C18H22FN3O3. The van der Waals surface area contributed by atoms with Crippen molar-refractivity contribution in [2.24, 2.45) is 0 Å². The quantitative estimate of drug-likeness (QED) is 0.812. The molecule has 1 aromatic heterocycles. The molecule has 0 bridgehead atoms. The molecule has 0 radical (unpaired) electrons. The molecule has 2 aromatic rings. The molecule has 134 valence electrons. The molecule has 1 saturated heterocycles. The third-order valence-corrected chi connectivity index (χ3v) is 4.22. The third kappa shape index (κ3) is 4.43. The lowest BCUT2D eigenvalue weighted by molar-refractivity contribution is 0.0374. The number of morpholine rings is 1. The van der Waals surface area contributed by atoms with Crippen LogP contribution in [0, 0.1) is 12.7 Å². The second kappa shape index (κ2) is 8.22. The van der Waals surface area contributed by atoms with Gasteiger partial charge >= 0.3 is 0 Å². The molecule has 0 spiro atoms. The van der Waals surface area contributed by atoms with Crippen molar-refractivity contribution in [2.75, 3.05) is 39.4 Å². The first-order valence-electron chi connectivity index (χ1n) is 8.45. The zero-order valence-electron chi connectivity index (χ0n) is 14.3. The number of nitrogens with zero attached hydrogens (tertiary/aromatic N) is 2. The number of benzene rings is 1. The predicted octanol–water partition coefficient (Wildman–Crippen LogP) is 2.24. The van der Waals surface area contributed by atoms with Crippen molar-refractivity contribution in [1.82, 2.24) is 15.4 Å². The highest BCUT2D eigenvalue weighted by atomic mass is 19.1. The third-order valence-electron chi connectivity index (χ3n) is 4.22. The fourth-order valence-corrected chi connectivity index (χ4v) is 2.88. The van der Waals surface area contributed by atoms with E-state index in [1.807, 2.05) is 0 Å². The smallest absolute Gasteiger partial charge is 0.257 e. The minimum absolute atomic E-state index is 0.250. The standard InChI is InChI=1S/C18H22FN3O3/c1-13-16(17(25-21-13)14-4-2-5-15(19)12-14)18(23)20-6-3-7-22-8-10-24-11-9-22/h2,4-5,12H,3,6-11H2,1H3,(H,20,23). The van der Waals surface area contributed by atoms with Crippen molar-refractivity contribution in [3.8, 4) is 11.3 Å². The van der Waals surface area contributed by atoms with Crippen LogP contribution in [0.25, 0.3) is 11.3 Å². The molecule has 0 atom stereocenters. The Kier molecular flexibility index (Phi) is 5.78. The molecule has 1 N–H and O–H groups in total. The normalized spacial score (nSPS) is 15.3. The Morgan fingerprint density at radius 1 is 1.36 bits per heavy atom. The van der Waals surface area contributed by atoms with E-state index in [1.54, 1.807) is 19.1 Å². The van der Waals surface area contributed by atoms with E-state index in [2.05, 4.69) is 15.4 Å². The molecule has 1 amide bonds. The second-order valence-electron chi connectivity index (χ2n) is 6.05. The van der Waals surface area contributed by atoms with Crippen molar-refractivity contribution in [3.05, 3.63) is 41.3 Å². The first-order chi connectivity index (χ1) is 12.1. The van der Waals surface area contributed by atoms with Gasteiger partial charge in [-0.25, -0.2) is 4.39 Å². The summed E-state index contributed by atoms with van der Waals surface area (Å²) in [6, 6.07) is 5.94. The van der Waals surface area contributed by atoms with E-state index in [1.165, 1.54) is 12.1 Å². The minimum atomic E-state index is -0.386. The zero-order valence-corrected chi connectivity index (χ0v) is 14.3. The van der Waals surface area contributed by atoms with Crippen LogP contribution >= 0.6 is 0 Å². The van der Waals surface area contributed by atoms with Crippen molar-refractivity contribution in [2.45, 2.75) is 13.3 Å². The summed E-state index contributed by atoms with van der Waals surface area (Å²) in [4.78, 5) is 14.8. The lowest BCUT2D eigenvalue weighted by Crippen LogP contribution is -2.38. The maximum atomic E-state index is 13.4. The van der Waals surface area contributed by atoms with Crippen LogP contribution in [0.5, 0.6) is 0 Å². The van der Waals surface area contributed by atoms with Crippen LogP contribution in [0.1, 0.15) is 22.5 Å². The molecular weight excluding hydrogens is 325 g/mol. The van der Waals surface area contributed by atoms with E-state index in [-0.39, 0.29) is 11.7 Å². The maximum absolute atomic E-state index is 13.4. The van der Waals surface area contributed by atoms with Crippen molar-refractivity contribution >= 4 is 5.91 Å². The van der Waals surface area contributed by atoms with Crippen molar-refractivity contribution in [3.63, 3.8) is 0 Å². The number of rotatable bonds is 6. The highest BCUT2D eigenvalue weighted by Crippen LogP contribution is 2.26. The number of aryl methyl sites for hydroxylation is 1. The van der Waals surface area contributed by atoms with Crippen molar-refractivity contribution in [1.29, 1.82) is 0 Å². The number of carbonyl (C=O) groups excluding carboxylic acids is 1. The van der Waals surface area contributed by atoms with Crippen LogP contribution in [-0.4, -0.2) is 55.4 Å². The topological polar surface area (TPSA) is 67.6 Å². The zero-order chi connectivity index (χ0) is 17.6. The number of aromatic nitrogens is 1. The van der Waals surface area contributed by atoms with Crippen LogP contribution < -0.4 is 5.32 Å². The van der Waals surface area contributed by atoms with E-state index in [0.29, 0.717) is 29.1 Å². The predicted molar refractivity (Wildman–Crippen MR) is 90.8 cm³/mol. The number of carbonyl (C=O) groups is 1. The van der Waals surface area contributed by atoms with Crippen LogP contribution in [0.3, 0.4) is 0 Å². The first kappa shape index (κ1) is 17.6. The summed E-state index contributed by atoms with van der Waals surface area (Å²) in [6.07, 6.45) is 0.853. The molecule has 3 rings (SSSR count). The molecule has 1 aliphatic rings. The summed E-state index contributed by atoms with van der Waals surface area (Å²) in [7, 11) is 0. The average molecular weight is 347 g/mol. The van der Waals surface area contributed by atoms with Gasteiger partial charge in [0.15, 0.2) is 5.76 Å². The molecule has 0 saturated carbocycles. The molecule has 1 aromatic carbocycles. The van der Waals surface area contributed by atoms with Crippen LogP contribution in [0.2, 0.25) is 0 Å². The highest BCUT2D eigenvalue weighted by molar-refractivity contribution is 6.00. The summed E-state index contributed by atoms with van der Waals surface area (Å²) in [5.74, 6) is -0.342. The number of hydrogen-bond acceptors (Lipinski definition) is 5. The Balaban J connectivity index is 1.59. The lowest BCUT2D eigenvalue weighted by atomic mass is 10.1. The van der Waals surface area contributed by atoms with E-state index < -0.39 is 0 Å². The Labute approximate surface area is 145 Å². The van der Waals surface area contributed by atoms with Gasteiger partial charge in [-0.2, -0.15) is 0 Å². The van der Waals surface area contributed by atoms with Gasteiger partial charge in [-0.3, -0.25) is 9.69 Å². The van der Waals surface area contributed by atoms with E-state index in [0.717, 1.165) is 39.3 Å². The maximum Gasteiger partial charge on any atom is 0.257 e. The van der Waals surface area contributed by atoms with Gasteiger partial charge < -0.3 is 14.6 Å². The van der Waals surface area contributed by atoms with Gasteiger partial charge in [0.25, 0.3) is 5.91 Å². The number of halogens is 1. The van der Waals surface area contributed by atoms with Gasteiger partial charge in [0.05, 0.1) is 18.9 Å². The fraction of sp³-hybridized carbons (Fsp3) is 0.444. The average Bonchev–Trinajstić information content (AvgIpc) is 3.01. The Hall–Kier alpha value is -2.25. The van der Waals surface area contributed by atoms with E-state index in [9.17, 15) is 9.18 Å². The van der Waals surface area contributed by atoms with E-state index in [4.69, 9.17) is 9.26 Å². The Morgan fingerprint density at radius 2 is 2.16 bits per heavy atom. The Bertz CT molecular complexity index is 726. The van der Waals surface area contributed by atoms with Gasteiger partial charge in [-0.05, 0) is 32.0 Å². The molecule has 25 heavy (non-hydrogen) atoms. The van der Waals surface area contributed by atoms with Crippen LogP contribution in [0.15, 0.2) is 28.8 Å². The monoisotopic (exact) mass is 347 g/mol. The fourth-order valence-electron chi connectivity index (χ4n) is 2.88. The molecule has 0 unspecified atom stereocenters. The Morgan fingerprint density at radius 3 is 2.92 bits per heavy atom. The summed E-state index contributed by atoms with van der Waals surface area (Å²) in [6.45, 7) is 6.58. The van der Waals surface area contributed by atoms with Crippen molar-refractivity contribution < 1.29 is 18.4 Å². The number of hydrogen-bond donors (Lipinski definition) is 1. The van der Waals surface area contributed by atoms with Gasteiger partial charge in [-0.15, -0.1) is 0 Å². The van der Waals surface area contributed by atoms with E-state index >= 15 is 0 Å². The lowest BCUT2D eigenvalue weighted by Gasteiger charge is -2.26. The van der Waals surface area contributed by atoms with Gasteiger partial charge in [0.1, 0.15) is 11.4 Å². The van der Waals surface area contributed by atoms with Gasteiger partial charge in [-0.1, -0.05) is 17.3 Å². The summed E-state index contributed by atoms with van der Waals surface area (Å²) in [5, 5.41) is 6.76. The summed E-state index contributed by atoms with van der Waals surface area (Å²) in [5.41, 5.74) is 1.35. The first-order valence-corrected chi connectivity index (χ1v) is 8.45. The summed E-state index contributed by atoms with van der Waals surface area (Å²) >= 11 is 0. The molecule has 6 nitrogen and oxygen atoms in total. The SMILES string of the molecule is Cc1noc(-c2cccc(F)c2)c1C(=O)NCCCN1CCOCC1. The number of amides is 1. The highest BCUT2D eigenvalue weighted by Gasteiger charge is 2.22. The molecule has 7 heteroatoms.